The molecule has 4 nitrogen and oxygen atoms in total. The molecule has 0 radical (unpaired) electrons. The van der Waals surface area contributed by atoms with Crippen LogP contribution in [0.2, 0.25) is 0 Å². The van der Waals surface area contributed by atoms with Gasteiger partial charge in [-0.1, -0.05) is 13.0 Å². The predicted molar refractivity (Wildman–Crippen MR) is 82.1 cm³/mol. The minimum absolute atomic E-state index is 0.211. The second-order valence-electron chi connectivity index (χ2n) is 4.17. The number of hydrogen-bond acceptors (Lipinski definition) is 3. The lowest BCUT2D eigenvalue weighted by Gasteiger charge is -2.09. The number of anilines is 1. The second kappa shape index (κ2) is 7.05. The van der Waals surface area contributed by atoms with Crippen LogP contribution in [0.3, 0.4) is 0 Å². The molecule has 0 bridgehead atoms. The van der Waals surface area contributed by atoms with Crippen molar-refractivity contribution in [2.45, 2.75) is 13.3 Å². The number of halogens is 1. The summed E-state index contributed by atoms with van der Waals surface area (Å²) in [5.41, 5.74) is 1.19. The van der Waals surface area contributed by atoms with Crippen LogP contribution < -0.4 is 10.1 Å². The first-order chi connectivity index (χ1) is 9.70. The fourth-order valence-electron chi connectivity index (χ4n) is 1.64. The number of hydrogen-bond donors (Lipinski definition) is 1. The molecule has 0 spiro atoms. The maximum Gasteiger partial charge on any atom is 0.258 e. The molecular weight excluding hydrogens is 320 g/mol. The Bertz CT molecular complexity index is 602. The third-order valence-electron chi connectivity index (χ3n) is 2.57. The van der Waals surface area contributed by atoms with Gasteiger partial charge in [-0.25, -0.2) is 4.98 Å². The quantitative estimate of drug-likeness (QED) is 0.844. The van der Waals surface area contributed by atoms with Crippen LogP contribution in [-0.2, 0) is 0 Å². The Morgan fingerprint density at radius 3 is 2.95 bits per heavy atom. The molecule has 1 aromatic heterocycles. The van der Waals surface area contributed by atoms with Gasteiger partial charge in [0.15, 0.2) is 0 Å². The maximum atomic E-state index is 12.1. The zero-order chi connectivity index (χ0) is 14.4. The molecule has 0 fully saturated rings. The van der Waals surface area contributed by atoms with Crippen LogP contribution in [-0.4, -0.2) is 17.5 Å². The lowest BCUT2D eigenvalue weighted by molar-refractivity contribution is 0.102. The maximum absolute atomic E-state index is 12.1. The minimum atomic E-state index is -0.211. The Balaban J connectivity index is 2.10. The highest BCUT2D eigenvalue weighted by Gasteiger charge is 2.10. The molecule has 5 heteroatoms. The Hall–Kier alpha value is -1.88. The first kappa shape index (κ1) is 14.5. The fourth-order valence-corrected chi connectivity index (χ4v) is 2.07. The van der Waals surface area contributed by atoms with Gasteiger partial charge in [-0.05, 0) is 46.6 Å². The molecule has 1 amide bonds. The van der Waals surface area contributed by atoms with Crippen LogP contribution >= 0.6 is 15.9 Å². The van der Waals surface area contributed by atoms with Crippen molar-refractivity contribution in [1.29, 1.82) is 0 Å². The molecule has 2 rings (SSSR count). The van der Waals surface area contributed by atoms with Gasteiger partial charge >= 0.3 is 0 Å². The van der Waals surface area contributed by atoms with Crippen LogP contribution in [0.25, 0.3) is 0 Å². The van der Waals surface area contributed by atoms with Gasteiger partial charge in [0.25, 0.3) is 5.91 Å². The van der Waals surface area contributed by atoms with Crippen LogP contribution in [0.1, 0.15) is 23.7 Å². The Labute approximate surface area is 126 Å². The molecule has 1 heterocycles. The van der Waals surface area contributed by atoms with Crippen molar-refractivity contribution < 1.29 is 9.53 Å². The van der Waals surface area contributed by atoms with E-state index in [2.05, 4.69) is 26.2 Å². The number of pyridine rings is 1. The van der Waals surface area contributed by atoms with E-state index in [-0.39, 0.29) is 5.91 Å². The highest BCUT2D eigenvalue weighted by atomic mass is 79.9. The average molecular weight is 335 g/mol. The third kappa shape index (κ3) is 3.81. The standard InChI is InChI=1S/C15H15BrN2O2/c1-2-9-20-12-6-3-5-11(10-12)18-15(19)13-7-4-8-17-14(13)16/h3-8,10H,2,9H2,1H3,(H,18,19). The highest BCUT2D eigenvalue weighted by molar-refractivity contribution is 9.10. The Morgan fingerprint density at radius 2 is 2.20 bits per heavy atom. The van der Waals surface area contributed by atoms with Crippen molar-refractivity contribution in [1.82, 2.24) is 4.98 Å². The SMILES string of the molecule is CCCOc1cccc(NC(=O)c2cccnc2Br)c1. The largest absolute Gasteiger partial charge is 0.494 e. The minimum Gasteiger partial charge on any atom is -0.494 e. The van der Waals surface area contributed by atoms with Gasteiger partial charge < -0.3 is 10.1 Å². The molecule has 104 valence electrons. The molecule has 0 saturated heterocycles. The fraction of sp³-hybridized carbons (Fsp3) is 0.200. The van der Waals surface area contributed by atoms with E-state index in [1.165, 1.54) is 0 Å². The molecule has 0 saturated carbocycles. The number of benzene rings is 1. The Morgan fingerprint density at radius 1 is 1.35 bits per heavy atom. The van der Waals surface area contributed by atoms with Crippen molar-refractivity contribution in [2.24, 2.45) is 0 Å². The summed E-state index contributed by atoms with van der Waals surface area (Å²) in [5, 5.41) is 2.83. The molecule has 0 atom stereocenters. The summed E-state index contributed by atoms with van der Waals surface area (Å²) in [6, 6.07) is 10.8. The molecule has 20 heavy (non-hydrogen) atoms. The van der Waals surface area contributed by atoms with E-state index in [1.807, 2.05) is 25.1 Å². The molecule has 0 unspecified atom stereocenters. The first-order valence-electron chi connectivity index (χ1n) is 6.35. The van der Waals surface area contributed by atoms with E-state index in [1.54, 1.807) is 24.4 Å². The van der Waals surface area contributed by atoms with Gasteiger partial charge in [0.05, 0.1) is 12.2 Å². The van der Waals surface area contributed by atoms with E-state index in [0.29, 0.717) is 22.5 Å². The van der Waals surface area contributed by atoms with E-state index in [4.69, 9.17) is 4.74 Å². The number of aromatic nitrogens is 1. The molecule has 2 aromatic rings. The number of nitrogens with one attached hydrogen (secondary N) is 1. The normalized spacial score (nSPS) is 10.1. The highest BCUT2D eigenvalue weighted by Crippen LogP contribution is 2.19. The number of carbonyl (C=O) groups excluding carboxylic acids is 1. The Kier molecular flexibility index (Phi) is 5.12. The van der Waals surface area contributed by atoms with Crippen molar-refractivity contribution >= 4 is 27.5 Å². The van der Waals surface area contributed by atoms with Gasteiger partial charge in [0, 0.05) is 18.0 Å². The summed E-state index contributed by atoms with van der Waals surface area (Å²) in [5.74, 6) is 0.535. The van der Waals surface area contributed by atoms with Crippen molar-refractivity contribution in [3.05, 3.63) is 52.8 Å². The van der Waals surface area contributed by atoms with Crippen molar-refractivity contribution in [3.63, 3.8) is 0 Å². The summed E-state index contributed by atoms with van der Waals surface area (Å²) >= 11 is 3.26. The summed E-state index contributed by atoms with van der Waals surface area (Å²) in [6.45, 7) is 2.71. The molecular formula is C15H15BrN2O2. The van der Waals surface area contributed by atoms with Gasteiger partial charge in [0.2, 0.25) is 0 Å². The van der Waals surface area contributed by atoms with E-state index < -0.39 is 0 Å². The topological polar surface area (TPSA) is 51.2 Å². The van der Waals surface area contributed by atoms with E-state index in [9.17, 15) is 4.79 Å². The number of ether oxygens (including phenoxy) is 1. The van der Waals surface area contributed by atoms with Crippen molar-refractivity contribution in [2.75, 3.05) is 11.9 Å². The molecule has 1 aromatic carbocycles. The van der Waals surface area contributed by atoms with Gasteiger partial charge in [-0.3, -0.25) is 4.79 Å². The number of amides is 1. The predicted octanol–water partition coefficient (Wildman–Crippen LogP) is 3.89. The molecule has 0 aliphatic rings. The molecule has 0 aliphatic carbocycles. The number of rotatable bonds is 5. The smallest absolute Gasteiger partial charge is 0.258 e. The van der Waals surface area contributed by atoms with E-state index in [0.717, 1.165) is 12.2 Å². The summed E-state index contributed by atoms with van der Waals surface area (Å²) in [6.07, 6.45) is 2.57. The zero-order valence-electron chi connectivity index (χ0n) is 11.1. The van der Waals surface area contributed by atoms with Gasteiger partial charge in [-0.15, -0.1) is 0 Å². The van der Waals surface area contributed by atoms with Crippen molar-refractivity contribution in [3.8, 4) is 5.75 Å². The van der Waals surface area contributed by atoms with Crippen LogP contribution in [0.4, 0.5) is 5.69 Å². The second-order valence-corrected chi connectivity index (χ2v) is 4.92. The monoisotopic (exact) mass is 334 g/mol. The average Bonchev–Trinajstić information content (AvgIpc) is 2.46. The summed E-state index contributed by atoms with van der Waals surface area (Å²) < 4.78 is 6.06. The lowest BCUT2D eigenvalue weighted by atomic mass is 10.2. The molecule has 1 N–H and O–H groups in total. The zero-order valence-corrected chi connectivity index (χ0v) is 12.7. The first-order valence-corrected chi connectivity index (χ1v) is 7.14. The van der Waals surface area contributed by atoms with Crippen LogP contribution in [0.5, 0.6) is 5.75 Å². The summed E-state index contributed by atoms with van der Waals surface area (Å²) in [4.78, 5) is 16.2. The number of carbonyl (C=O) groups is 1. The van der Waals surface area contributed by atoms with Gasteiger partial charge in [-0.2, -0.15) is 0 Å². The van der Waals surface area contributed by atoms with Crippen LogP contribution in [0.15, 0.2) is 47.2 Å². The van der Waals surface area contributed by atoms with E-state index >= 15 is 0 Å². The third-order valence-corrected chi connectivity index (χ3v) is 3.20. The summed E-state index contributed by atoms with van der Waals surface area (Å²) in [7, 11) is 0. The molecule has 0 aliphatic heterocycles. The lowest BCUT2D eigenvalue weighted by Crippen LogP contribution is -2.13. The van der Waals surface area contributed by atoms with Crippen LogP contribution in [0, 0.1) is 0 Å². The number of nitrogens with zero attached hydrogens (tertiary/aromatic N) is 1. The van der Waals surface area contributed by atoms with Gasteiger partial charge in [0.1, 0.15) is 10.4 Å².